The third kappa shape index (κ3) is 5.21. The molecule has 0 bridgehead atoms. The SMILES string of the molecule is Cc1nccnc1C(C)NC(Cc1ccccc1)C(=O)Nc1ccccc1. The third-order valence-electron chi connectivity index (χ3n) is 4.42. The molecule has 2 aromatic carbocycles. The van der Waals surface area contributed by atoms with Crippen LogP contribution in [0.2, 0.25) is 0 Å². The summed E-state index contributed by atoms with van der Waals surface area (Å²) in [6.07, 6.45) is 3.94. The minimum Gasteiger partial charge on any atom is -0.325 e. The quantitative estimate of drug-likeness (QED) is 0.674. The van der Waals surface area contributed by atoms with Crippen molar-refractivity contribution in [1.29, 1.82) is 0 Å². The summed E-state index contributed by atoms with van der Waals surface area (Å²) in [6, 6.07) is 19.0. The van der Waals surface area contributed by atoms with Crippen LogP contribution in [-0.2, 0) is 11.2 Å². The molecule has 0 radical (unpaired) electrons. The predicted molar refractivity (Wildman–Crippen MR) is 107 cm³/mol. The Bertz CT molecular complexity index is 868. The van der Waals surface area contributed by atoms with Gasteiger partial charge >= 0.3 is 0 Å². The van der Waals surface area contributed by atoms with E-state index < -0.39 is 6.04 Å². The van der Waals surface area contributed by atoms with E-state index in [1.54, 1.807) is 12.4 Å². The van der Waals surface area contributed by atoms with Gasteiger partial charge in [-0.2, -0.15) is 0 Å². The minimum atomic E-state index is -0.399. The van der Waals surface area contributed by atoms with E-state index in [1.165, 1.54) is 0 Å². The highest BCUT2D eigenvalue weighted by Gasteiger charge is 2.23. The predicted octanol–water partition coefficient (Wildman–Crippen LogP) is 3.69. The van der Waals surface area contributed by atoms with Crippen LogP contribution in [0.25, 0.3) is 0 Å². The van der Waals surface area contributed by atoms with E-state index >= 15 is 0 Å². The van der Waals surface area contributed by atoms with Gasteiger partial charge in [0.05, 0.1) is 17.4 Å². The number of carbonyl (C=O) groups is 1. The van der Waals surface area contributed by atoms with E-state index in [-0.39, 0.29) is 11.9 Å². The van der Waals surface area contributed by atoms with Crippen LogP contribution >= 0.6 is 0 Å². The fourth-order valence-corrected chi connectivity index (χ4v) is 3.05. The normalized spacial score (nSPS) is 13.0. The summed E-state index contributed by atoms with van der Waals surface area (Å²) in [7, 11) is 0. The number of carbonyl (C=O) groups excluding carboxylic acids is 1. The molecule has 3 rings (SSSR count). The summed E-state index contributed by atoms with van der Waals surface area (Å²) in [5.41, 5.74) is 3.59. The number of rotatable bonds is 7. The highest BCUT2D eigenvalue weighted by atomic mass is 16.2. The van der Waals surface area contributed by atoms with Crippen molar-refractivity contribution < 1.29 is 4.79 Å². The maximum atomic E-state index is 13.0. The molecule has 138 valence electrons. The fraction of sp³-hybridized carbons (Fsp3) is 0.227. The highest BCUT2D eigenvalue weighted by molar-refractivity contribution is 5.95. The minimum absolute atomic E-state index is 0.0709. The molecule has 1 amide bonds. The Morgan fingerprint density at radius 3 is 2.26 bits per heavy atom. The molecule has 2 N–H and O–H groups in total. The van der Waals surface area contributed by atoms with Crippen molar-refractivity contribution in [1.82, 2.24) is 15.3 Å². The van der Waals surface area contributed by atoms with Crippen molar-refractivity contribution in [2.75, 3.05) is 5.32 Å². The first-order valence-corrected chi connectivity index (χ1v) is 9.07. The molecule has 2 atom stereocenters. The van der Waals surface area contributed by atoms with E-state index in [2.05, 4.69) is 20.6 Å². The molecular formula is C22H24N4O. The zero-order valence-electron chi connectivity index (χ0n) is 15.6. The van der Waals surface area contributed by atoms with Gasteiger partial charge < -0.3 is 5.32 Å². The zero-order valence-corrected chi connectivity index (χ0v) is 15.6. The van der Waals surface area contributed by atoms with Crippen LogP contribution in [0.15, 0.2) is 73.1 Å². The molecule has 0 aliphatic carbocycles. The molecule has 0 fully saturated rings. The van der Waals surface area contributed by atoms with Gasteiger partial charge in [-0.15, -0.1) is 0 Å². The average molecular weight is 360 g/mol. The number of amides is 1. The lowest BCUT2D eigenvalue weighted by atomic mass is 10.0. The highest BCUT2D eigenvalue weighted by Crippen LogP contribution is 2.15. The Labute approximate surface area is 159 Å². The summed E-state index contributed by atoms with van der Waals surface area (Å²) >= 11 is 0. The zero-order chi connectivity index (χ0) is 19.1. The first kappa shape index (κ1) is 18.7. The van der Waals surface area contributed by atoms with Gasteiger partial charge in [0.2, 0.25) is 5.91 Å². The molecule has 5 nitrogen and oxygen atoms in total. The number of hydrogen-bond donors (Lipinski definition) is 2. The van der Waals surface area contributed by atoms with Gasteiger partial charge in [-0.25, -0.2) is 0 Å². The summed E-state index contributed by atoms with van der Waals surface area (Å²) in [6.45, 7) is 3.93. The Balaban J connectivity index is 1.78. The topological polar surface area (TPSA) is 66.9 Å². The molecular weight excluding hydrogens is 336 g/mol. The second-order valence-corrected chi connectivity index (χ2v) is 6.51. The standard InChI is InChI=1S/C22H24N4O/c1-16-21(24-14-13-23-16)17(2)25-20(15-18-9-5-3-6-10-18)22(27)26-19-11-7-4-8-12-19/h3-14,17,20,25H,15H2,1-2H3,(H,26,27). The van der Waals surface area contributed by atoms with Gasteiger partial charge in [0.1, 0.15) is 0 Å². The van der Waals surface area contributed by atoms with E-state index in [9.17, 15) is 4.79 Å². The lowest BCUT2D eigenvalue weighted by Crippen LogP contribution is -2.43. The van der Waals surface area contributed by atoms with Crippen LogP contribution in [-0.4, -0.2) is 21.9 Å². The summed E-state index contributed by atoms with van der Waals surface area (Å²) in [5, 5.41) is 6.42. The van der Waals surface area contributed by atoms with Crippen molar-refractivity contribution in [2.24, 2.45) is 0 Å². The van der Waals surface area contributed by atoms with Gasteiger partial charge in [-0.05, 0) is 38.0 Å². The molecule has 0 aliphatic rings. The van der Waals surface area contributed by atoms with Crippen LogP contribution < -0.4 is 10.6 Å². The van der Waals surface area contributed by atoms with E-state index in [0.29, 0.717) is 6.42 Å². The molecule has 0 aliphatic heterocycles. The molecule has 0 saturated carbocycles. The number of hydrogen-bond acceptors (Lipinski definition) is 4. The third-order valence-corrected chi connectivity index (χ3v) is 4.42. The number of benzene rings is 2. The molecule has 1 aromatic heterocycles. The first-order chi connectivity index (χ1) is 13.1. The van der Waals surface area contributed by atoms with Crippen molar-refractivity contribution in [3.8, 4) is 0 Å². The maximum absolute atomic E-state index is 13.0. The number of para-hydroxylation sites is 1. The van der Waals surface area contributed by atoms with E-state index in [0.717, 1.165) is 22.6 Å². The van der Waals surface area contributed by atoms with Gasteiger partial charge in [0.15, 0.2) is 0 Å². The Morgan fingerprint density at radius 2 is 1.59 bits per heavy atom. The van der Waals surface area contributed by atoms with E-state index in [1.807, 2.05) is 74.5 Å². The number of nitrogens with one attached hydrogen (secondary N) is 2. The maximum Gasteiger partial charge on any atom is 0.241 e. The smallest absolute Gasteiger partial charge is 0.241 e. The van der Waals surface area contributed by atoms with Crippen molar-refractivity contribution in [3.05, 3.63) is 90.0 Å². The van der Waals surface area contributed by atoms with Gasteiger partial charge in [-0.1, -0.05) is 48.5 Å². The monoisotopic (exact) mass is 360 g/mol. The Kier molecular flexibility index (Phi) is 6.28. The van der Waals surface area contributed by atoms with Crippen molar-refractivity contribution >= 4 is 11.6 Å². The Morgan fingerprint density at radius 1 is 0.963 bits per heavy atom. The molecule has 3 aromatic rings. The molecule has 5 heteroatoms. The number of anilines is 1. The first-order valence-electron chi connectivity index (χ1n) is 9.07. The average Bonchev–Trinajstić information content (AvgIpc) is 2.69. The summed E-state index contributed by atoms with van der Waals surface area (Å²) in [5.74, 6) is -0.0709. The van der Waals surface area contributed by atoms with Crippen LogP contribution in [0.4, 0.5) is 5.69 Å². The van der Waals surface area contributed by atoms with Crippen LogP contribution in [0.1, 0.15) is 29.9 Å². The van der Waals surface area contributed by atoms with E-state index in [4.69, 9.17) is 0 Å². The molecule has 2 unspecified atom stereocenters. The van der Waals surface area contributed by atoms with Crippen LogP contribution in [0, 0.1) is 6.92 Å². The Hall–Kier alpha value is -3.05. The second kappa shape index (κ2) is 9.05. The van der Waals surface area contributed by atoms with Gasteiger partial charge in [-0.3, -0.25) is 20.1 Å². The number of aryl methyl sites for hydroxylation is 1. The molecule has 1 heterocycles. The lowest BCUT2D eigenvalue weighted by Gasteiger charge is -2.23. The molecule has 0 spiro atoms. The van der Waals surface area contributed by atoms with Crippen LogP contribution in [0.5, 0.6) is 0 Å². The summed E-state index contributed by atoms with van der Waals surface area (Å²) in [4.78, 5) is 21.7. The molecule has 0 saturated heterocycles. The van der Waals surface area contributed by atoms with Gasteiger partial charge in [0.25, 0.3) is 0 Å². The van der Waals surface area contributed by atoms with Crippen molar-refractivity contribution in [3.63, 3.8) is 0 Å². The largest absolute Gasteiger partial charge is 0.325 e. The fourth-order valence-electron chi connectivity index (χ4n) is 3.05. The summed E-state index contributed by atoms with van der Waals surface area (Å²) < 4.78 is 0. The number of nitrogens with zero attached hydrogens (tertiary/aromatic N) is 2. The molecule has 27 heavy (non-hydrogen) atoms. The van der Waals surface area contributed by atoms with Gasteiger partial charge in [0, 0.05) is 24.1 Å². The van der Waals surface area contributed by atoms with Crippen molar-refractivity contribution in [2.45, 2.75) is 32.4 Å². The van der Waals surface area contributed by atoms with Crippen LogP contribution in [0.3, 0.4) is 0 Å². The number of aromatic nitrogens is 2. The second-order valence-electron chi connectivity index (χ2n) is 6.51. The lowest BCUT2D eigenvalue weighted by molar-refractivity contribution is -0.118.